The first-order valence-corrected chi connectivity index (χ1v) is 6.20. The van der Waals surface area contributed by atoms with Gasteiger partial charge in [-0.3, -0.25) is 0 Å². The van der Waals surface area contributed by atoms with Gasteiger partial charge in [-0.15, -0.1) is 0 Å². The molecule has 3 heteroatoms. The summed E-state index contributed by atoms with van der Waals surface area (Å²) < 4.78 is 19.2. The number of likely N-dealkylation sites (N-methyl/N-ethyl adjacent to an activating group) is 1. The van der Waals surface area contributed by atoms with Gasteiger partial charge >= 0.3 is 0 Å². The van der Waals surface area contributed by atoms with Crippen molar-refractivity contribution < 1.29 is 9.13 Å². The number of nitrogens with one attached hydrogen (secondary N) is 1. The normalized spacial score (nSPS) is 26.1. The molecule has 17 heavy (non-hydrogen) atoms. The lowest BCUT2D eigenvalue weighted by Gasteiger charge is -2.25. The summed E-state index contributed by atoms with van der Waals surface area (Å²) in [5.74, 6) is -0.183. The molecule has 1 heterocycles. The van der Waals surface area contributed by atoms with Gasteiger partial charge in [-0.2, -0.15) is 0 Å². The second-order valence-electron chi connectivity index (χ2n) is 4.83. The average Bonchev–Trinajstić information content (AvgIpc) is 2.71. The molecule has 1 aliphatic heterocycles. The third-order valence-electron chi connectivity index (χ3n) is 3.52. The van der Waals surface area contributed by atoms with Crippen molar-refractivity contribution in [2.45, 2.75) is 44.9 Å². The fraction of sp³-hybridized carbons (Fsp3) is 0.571. The first-order valence-electron chi connectivity index (χ1n) is 6.20. The second-order valence-corrected chi connectivity index (χ2v) is 4.83. The molecule has 1 aromatic rings. The first-order chi connectivity index (χ1) is 8.11. The molecule has 3 unspecified atom stereocenters. The standard InChI is InChI=1S/C14H20FNO/c1-9-4-6-11(15)8-12(9)14(16-3)13-7-5-10(2)17-13/h4,6,8,10,13-14,16H,5,7H2,1-3H3. The molecule has 0 bridgehead atoms. The number of ether oxygens (including phenoxy) is 1. The summed E-state index contributed by atoms with van der Waals surface area (Å²) in [6.45, 7) is 4.10. The predicted molar refractivity (Wildman–Crippen MR) is 66.5 cm³/mol. The molecular weight excluding hydrogens is 217 g/mol. The monoisotopic (exact) mass is 237 g/mol. The molecule has 1 aliphatic rings. The maximum atomic E-state index is 13.3. The van der Waals surface area contributed by atoms with E-state index in [2.05, 4.69) is 12.2 Å². The quantitative estimate of drug-likeness (QED) is 0.872. The van der Waals surface area contributed by atoms with Crippen molar-refractivity contribution in [1.29, 1.82) is 0 Å². The van der Waals surface area contributed by atoms with Gasteiger partial charge in [0.25, 0.3) is 0 Å². The lowest BCUT2D eigenvalue weighted by atomic mass is 9.95. The Hall–Kier alpha value is -0.930. The van der Waals surface area contributed by atoms with Gasteiger partial charge in [0.2, 0.25) is 0 Å². The van der Waals surface area contributed by atoms with E-state index in [1.165, 1.54) is 6.07 Å². The molecule has 1 fully saturated rings. The molecule has 0 radical (unpaired) electrons. The van der Waals surface area contributed by atoms with E-state index in [1.807, 2.05) is 20.0 Å². The zero-order valence-electron chi connectivity index (χ0n) is 10.7. The van der Waals surface area contributed by atoms with Crippen molar-refractivity contribution >= 4 is 0 Å². The fourth-order valence-electron chi connectivity index (χ4n) is 2.57. The van der Waals surface area contributed by atoms with E-state index in [0.29, 0.717) is 6.10 Å². The van der Waals surface area contributed by atoms with Crippen molar-refractivity contribution in [2.75, 3.05) is 7.05 Å². The Balaban J connectivity index is 2.25. The molecule has 1 saturated heterocycles. The van der Waals surface area contributed by atoms with Crippen LogP contribution in [0.1, 0.15) is 36.9 Å². The Morgan fingerprint density at radius 3 is 2.76 bits per heavy atom. The molecule has 0 aromatic heterocycles. The summed E-state index contributed by atoms with van der Waals surface area (Å²) in [6.07, 6.45) is 2.57. The Morgan fingerprint density at radius 2 is 2.18 bits per heavy atom. The molecule has 0 saturated carbocycles. The van der Waals surface area contributed by atoms with Crippen LogP contribution < -0.4 is 5.32 Å². The molecule has 3 atom stereocenters. The molecule has 0 aliphatic carbocycles. The van der Waals surface area contributed by atoms with Crippen LogP contribution in [-0.2, 0) is 4.74 Å². The Morgan fingerprint density at radius 1 is 1.41 bits per heavy atom. The number of benzene rings is 1. The molecule has 1 aromatic carbocycles. The highest BCUT2D eigenvalue weighted by molar-refractivity contribution is 5.30. The van der Waals surface area contributed by atoms with Crippen LogP contribution >= 0.6 is 0 Å². The van der Waals surface area contributed by atoms with Crippen LogP contribution in [0.15, 0.2) is 18.2 Å². The predicted octanol–water partition coefficient (Wildman–Crippen LogP) is 2.96. The van der Waals surface area contributed by atoms with Crippen molar-refractivity contribution in [3.05, 3.63) is 35.1 Å². The third kappa shape index (κ3) is 2.67. The molecule has 1 N–H and O–H groups in total. The molecule has 0 spiro atoms. The summed E-state index contributed by atoms with van der Waals surface area (Å²) >= 11 is 0. The van der Waals surface area contributed by atoms with Crippen molar-refractivity contribution in [1.82, 2.24) is 5.32 Å². The summed E-state index contributed by atoms with van der Waals surface area (Å²) in [5.41, 5.74) is 2.11. The lowest BCUT2D eigenvalue weighted by Crippen LogP contribution is -2.30. The van der Waals surface area contributed by atoms with Crippen molar-refractivity contribution in [2.24, 2.45) is 0 Å². The average molecular weight is 237 g/mol. The summed E-state index contributed by atoms with van der Waals surface area (Å²) in [5, 5.41) is 3.26. The van der Waals surface area contributed by atoms with Gasteiger partial charge in [0.15, 0.2) is 0 Å². The van der Waals surface area contributed by atoms with E-state index in [9.17, 15) is 4.39 Å². The molecule has 2 nitrogen and oxygen atoms in total. The first kappa shape index (κ1) is 12.5. The number of halogens is 1. The minimum atomic E-state index is -0.183. The number of rotatable bonds is 3. The van der Waals surface area contributed by atoms with Crippen LogP contribution in [0.3, 0.4) is 0 Å². The van der Waals surface area contributed by atoms with Crippen LogP contribution in [0.5, 0.6) is 0 Å². The van der Waals surface area contributed by atoms with E-state index in [1.54, 1.807) is 6.07 Å². The van der Waals surface area contributed by atoms with Crippen LogP contribution in [0.2, 0.25) is 0 Å². The maximum absolute atomic E-state index is 13.3. The minimum Gasteiger partial charge on any atom is -0.373 e. The summed E-state index contributed by atoms with van der Waals surface area (Å²) in [4.78, 5) is 0. The van der Waals surface area contributed by atoms with Gasteiger partial charge in [-0.25, -0.2) is 4.39 Å². The van der Waals surface area contributed by atoms with Crippen LogP contribution in [0.25, 0.3) is 0 Å². The van der Waals surface area contributed by atoms with Gasteiger partial charge in [-0.1, -0.05) is 6.07 Å². The van der Waals surface area contributed by atoms with Gasteiger partial charge in [0.1, 0.15) is 5.82 Å². The van der Waals surface area contributed by atoms with E-state index < -0.39 is 0 Å². The number of aryl methyl sites for hydroxylation is 1. The molecular formula is C14H20FNO. The smallest absolute Gasteiger partial charge is 0.123 e. The highest BCUT2D eigenvalue weighted by Crippen LogP contribution is 2.31. The molecule has 0 amide bonds. The van der Waals surface area contributed by atoms with E-state index in [-0.39, 0.29) is 18.0 Å². The van der Waals surface area contributed by atoms with Gasteiger partial charge in [-0.05, 0) is 57.0 Å². The molecule has 2 rings (SSSR count). The second kappa shape index (κ2) is 5.15. The van der Waals surface area contributed by atoms with Crippen LogP contribution in [0, 0.1) is 12.7 Å². The fourth-order valence-corrected chi connectivity index (χ4v) is 2.57. The van der Waals surface area contributed by atoms with Gasteiger partial charge in [0, 0.05) is 0 Å². The van der Waals surface area contributed by atoms with Crippen molar-refractivity contribution in [3.8, 4) is 0 Å². The minimum absolute atomic E-state index is 0.0793. The summed E-state index contributed by atoms with van der Waals surface area (Å²) in [6, 6.07) is 5.02. The lowest BCUT2D eigenvalue weighted by molar-refractivity contribution is 0.0331. The zero-order chi connectivity index (χ0) is 12.4. The molecule has 94 valence electrons. The van der Waals surface area contributed by atoms with E-state index in [0.717, 1.165) is 24.0 Å². The van der Waals surface area contributed by atoms with E-state index >= 15 is 0 Å². The van der Waals surface area contributed by atoms with Gasteiger partial charge < -0.3 is 10.1 Å². The number of hydrogen-bond acceptors (Lipinski definition) is 2. The van der Waals surface area contributed by atoms with Crippen LogP contribution in [0.4, 0.5) is 4.39 Å². The Labute approximate surface area is 102 Å². The number of hydrogen-bond donors (Lipinski definition) is 1. The summed E-state index contributed by atoms with van der Waals surface area (Å²) in [7, 11) is 1.90. The maximum Gasteiger partial charge on any atom is 0.123 e. The highest BCUT2D eigenvalue weighted by Gasteiger charge is 2.30. The SMILES string of the molecule is CNC(c1cc(F)ccc1C)C1CCC(C)O1. The topological polar surface area (TPSA) is 21.3 Å². The third-order valence-corrected chi connectivity index (χ3v) is 3.52. The van der Waals surface area contributed by atoms with E-state index in [4.69, 9.17) is 4.74 Å². The highest BCUT2D eigenvalue weighted by atomic mass is 19.1. The Kier molecular flexibility index (Phi) is 3.79. The zero-order valence-corrected chi connectivity index (χ0v) is 10.7. The van der Waals surface area contributed by atoms with Crippen LogP contribution in [-0.4, -0.2) is 19.3 Å². The Bertz CT molecular complexity index is 394. The van der Waals surface area contributed by atoms with Gasteiger partial charge in [0.05, 0.1) is 18.2 Å². The van der Waals surface area contributed by atoms with Crippen molar-refractivity contribution in [3.63, 3.8) is 0 Å². The largest absolute Gasteiger partial charge is 0.373 e.